The van der Waals surface area contributed by atoms with Gasteiger partial charge >= 0.3 is 0 Å². The minimum atomic E-state index is -3.59. The molecule has 1 N–H and O–H groups in total. The number of aromatic nitrogens is 1. The molecule has 6 nitrogen and oxygen atoms in total. The summed E-state index contributed by atoms with van der Waals surface area (Å²) in [7, 11) is -3.59. The van der Waals surface area contributed by atoms with Gasteiger partial charge in [0.25, 0.3) is 0 Å². The first kappa shape index (κ1) is 18.2. The predicted octanol–water partition coefficient (Wildman–Crippen LogP) is 3.53. The molecule has 0 radical (unpaired) electrons. The number of sulfonamides is 1. The Hall–Kier alpha value is -2.64. The SMILES string of the molecule is CCOc1ccc(-c2nc(CNS(=O)(=O)c3ccccc3)c(C)o2)cc1. The van der Waals surface area contributed by atoms with E-state index < -0.39 is 10.0 Å². The Morgan fingerprint density at radius 3 is 2.42 bits per heavy atom. The van der Waals surface area contributed by atoms with Crippen molar-refractivity contribution in [3.63, 3.8) is 0 Å². The zero-order valence-electron chi connectivity index (χ0n) is 14.6. The maximum absolute atomic E-state index is 12.3. The minimum Gasteiger partial charge on any atom is -0.494 e. The van der Waals surface area contributed by atoms with E-state index in [1.165, 1.54) is 0 Å². The highest BCUT2D eigenvalue weighted by atomic mass is 32.2. The van der Waals surface area contributed by atoms with Crippen LogP contribution in [0.25, 0.3) is 11.5 Å². The van der Waals surface area contributed by atoms with Gasteiger partial charge in [-0.25, -0.2) is 18.1 Å². The lowest BCUT2D eigenvalue weighted by molar-refractivity contribution is 0.340. The molecule has 3 aromatic rings. The Morgan fingerprint density at radius 1 is 1.08 bits per heavy atom. The van der Waals surface area contributed by atoms with Gasteiger partial charge in [0.2, 0.25) is 15.9 Å². The summed E-state index contributed by atoms with van der Waals surface area (Å²) in [5.41, 5.74) is 1.35. The molecule has 0 saturated carbocycles. The number of oxazole rings is 1. The summed E-state index contributed by atoms with van der Waals surface area (Å²) in [5.74, 6) is 1.79. The Morgan fingerprint density at radius 2 is 1.77 bits per heavy atom. The number of ether oxygens (including phenoxy) is 1. The Bertz CT molecular complexity index is 965. The number of hydrogen-bond acceptors (Lipinski definition) is 5. The molecule has 0 aliphatic carbocycles. The lowest BCUT2D eigenvalue weighted by Crippen LogP contribution is -2.23. The van der Waals surface area contributed by atoms with Crippen molar-refractivity contribution in [2.24, 2.45) is 0 Å². The molecule has 0 atom stereocenters. The second-order valence-corrected chi connectivity index (χ2v) is 7.38. The van der Waals surface area contributed by atoms with E-state index in [2.05, 4.69) is 9.71 Å². The van der Waals surface area contributed by atoms with E-state index in [0.29, 0.717) is 24.0 Å². The summed E-state index contributed by atoms with van der Waals surface area (Å²) >= 11 is 0. The summed E-state index contributed by atoms with van der Waals surface area (Å²) < 4.78 is 38.3. The van der Waals surface area contributed by atoms with E-state index in [9.17, 15) is 8.42 Å². The highest BCUT2D eigenvalue weighted by Crippen LogP contribution is 2.24. The molecule has 0 fully saturated rings. The van der Waals surface area contributed by atoms with Crippen molar-refractivity contribution in [3.8, 4) is 17.2 Å². The maximum Gasteiger partial charge on any atom is 0.240 e. The third-order valence-electron chi connectivity index (χ3n) is 3.79. The molecule has 0 aliphatic rings. The van der Waals surface area contributed by atoms with Gasteiger partial charge in [0.1, 0.15) is 11.5 Å². The van der Waals surface area contributed by atoms with Gasteiger partial charge in [0, 0.05) is 5.56 Å². The third-order valence-corrected chi connectivity index (χ3v) is 5.21. The monoisotopic (exact) mass is 372 g/mol. The molecule has 136 valence electrons. The van der Waals surface area contributed by atoms with Crippen LogP contribution in [0.15, 0.2) is 63.9 Å². The molecule has 1 heterocycles. The fourth-order valence-electron chi connectivity index (χ4n) is 2.42. The van der Waals surface area contributed by atoms with Crippen LogP contribution in [-0.4, -0.2) is 20.0 Å². The van der Waals surface area contributed by atoms with E-state index in [0.717, 1.165) is 11.3 Å². The lowest BCUT2D eigenvalue weighted by atomic mass is 10.2. The van der Waals surface area contributed by atoms with Crippen LogP contribution in [0.4, 0.5) is 0 Å². The fourth-order valence-corrected chi connectivity index (χ4v) is 3.43. The molecule has 7 heteroatoms. The summed E-state index contributed by atoms with van der Waals surface area (Å²) in [5, 5.41) is 0. The minimum absolute atomic E-state index is 0.0591. The van der Waals surface area contributed by atoms with Gasteiger partial charge < -0.3 is 9.15 Å². The molecule has 0 aliphatic heterocycles. The molecule has 2 aromatic carbocycles. The fraction of sp³-hybridized carbons (Fsp3) is 0.211. The standard InChI is InChI=1S/C19H20N2O4S/c1-3-24-16-11-9-15(10-12-16)19-21-18(14(2)25-19)13-20-26(22,23)17-7-5-4-6-8-17/h4-12,20H,3,13H2,1-2H3. The van der Waals surface area contributed by atoms with Crippen molar-refractivity contribution < 1.29 is 17.6 Å². The van der Waals surface area contributed by atoms with E-state index in [1.807, 2.05) is 31.2 Å². The summed E-state index contributed by atoms with van der Waals surface area (Å²) in [4.78, 5) is 4.63. The largest absolute Gasteiger partial charge is 0.494 e. The third kappa shape index (κ3) is 4.12. The zero-order chi connectivity index (χ0) is 18.6. The molecule has 0 saturated heterocycles. The second-order valence-electron chi connectivity index (χ2n) is 5.62. The molecule has 26 heavy (non-hydrogen) atoms. The number of aryl methyl sites for hydroxylation is 1. The maximum atomic E-state index is 12.3. The van der Waals surface area contributed by atoms with Gasteiger partial charge in [0.05, 0.1) is 23.7 Å². The van der Waals surface area contributed by atoms with Crippen LogP contribution in [-0.2, 0) is 16.6 Å². The van der Waals surface area contributed by atoms with Crippen molar-refractivity contribution in [1.82, 2.24) is 9.71 Å². The van der Waals surface area contributed by atoms with Crippen LogP contribution in [0.2, 0.25) is 0 Å². The van der Waals surface area contributed by atoms with Crippen molar-refractivity contribution >= 4 is 10.0 Å². The number of nitrogens with one attached hydrogen (secondary N) is 1. The second kappa shape index (κ2) is 7.72. The molecule has 0 bridgehead atoms. The summed E-state index contributed by atoms with van der Waals surface area (Å²) in [6.45, 7) is 4.35. The van der Waals surface area contributed by atoms with Crippen molar-refractivity contribution in [1.29, 1.82) is 0 Å². The topological polar surface area (TPSA) is 81.4 Å². The molecular weight excluding hydrogens is 352 g/mol. The van der Waals surface area contributed by atoms with Crippen LogP contribution in [0.5, 0.6) is 5.75 Å². The van der Waals surface area contributed by atoms with E-state index >= 15 is 0 Å². The van der Waals surface area contributed by atoms with Gasteiger partial charge in [0.15, 0.2) is 0 Å². The van der Waals surface area contributed by atoms with Gasteiger partial charge in [-0.05, 0) is 50.2 Å². The van der Waals surface area contributed by atoms with Crippen LogP contribution in [0, 0.1) is 6.92 Å². The molecule has 3 rings (SSSR count). The van der Waals surface area contributed by atoms with E-state index in [1.54, 1.807) is 37.3 Å². The van der Waals surface area contributed by atoms with Crippen LogP contribution in [0.3, 0.4) is 0 Å². The van der Waals surface area contributed by atoms with Gasteiger partial charge in [-0.2, -0.15) is 0 Å². The Labute approximate surface area is 152 Å². The molecule has 0 unspecified atom stereocenters. The average molecular weight is 372 g/mol. The highest BCUT2D eigenvalue weighted by Gasteiger charge is 2.17. The van der Waals surface area contributed by atoms with Gasteiger partial charge in [-0.1, -0.05) is 18.2 Å². The lowest BCUT2D eigenvalue weighted by Gasteiger charge is -2.05. The Balaban J connectivity index is 1.74. The Kier molecular flexibility index (Phi) is 5.39. The number of hydrogen-bond donors (Lipinski definition) is 1. The molecular formula is C19H20N2O4S. The van der Waals surface area contributed by atoms with Crippen LogP contribution >= 0.6 is 0 Å². The van der Waals surface area contributed by atoms with Crippen molar-refractivity contribution in [2.45, 2.75) is 25.3 Å². The van der Waals surface area contributed by atoms with Crippen molar-refractivity contribution in [3.05, 3.63) is 66.1 Å². The molecule has 0 spiro atoms. The smallest absolute Gasteiger partial charge is 0.240 e. The average Bonchev–Trinajstić information content (AvgIpc) is 3.03. The van der Waals surface area contributed by atoms with Crippen molar-refractivity contribution in [2.75, 3.05) is 6.61 Å². The van der Waals surface area contributed by atoms with Crippen LogP contribution < -0.4 is 9.46 Å². The molecule has 1 aromatic heterocycles. The first-order valence-corrected chi connectivity index (χ1v) is 9.72. The van der Waals surface area contributed by atoms with E-state index in [-0.39, 0.29) is 11.4 Å². The number of rotatable bonds is 7. The number of nitrogens with zero attached hydrogens (tertiary/aromatic N) is 1. The first-order valence-electron chi connectivity index (χ1n) is 8.24. The predicted molar refractivity (Wildman–Crippen MR) is 98.3 cm³/mol. The van der Waals surface area contributed by atoms with Gasteiger partial charge in [-0.15, -0.1) is 0 Å². The quantitative estimate of drug-likeness (QED) is 0.686. The highest BCUT2D eigenvalue weighted by molar-refractivity contribution is 7.89. The van der Waals surface area contributed by atoms with E-state index in [4.69, 9.17) is 9.15 Å². The summed E-state index contributed by atoms with van der Waals surface area (Å²) in [6, 6.07) is 15.6. The van der Waals surface area contributed by atoms with Gasteiger partial charge in [-0.3, -0.25) is 0 Å². The number of benzene rings is 2. The normalized spacial score (nSPS) is 11.5. The zero-order valence-corrected chi connectivity index (χ0v) is 15.4. The first-order chi connectivity index (χ1) is 12.5. The summed E-state index contributed by atoms with van der Waals surface area (Å²) in [6.07, 6.45) is 0. The molecule has 0 amide bonds. The van der Waals surface area contributed by atoms with Crippen LogP contribution in [0.1, 0.15) is 18.4 Å².